The van der Waals surface area contributed by atoms with Crippen LogP contribution in [-0.2, 0) is 38.5 Å². The van der Waals surface area contributed by atoms with Gasteiger partial charge in [-0.1, -0.05) is 53.4 Å². The first-order chi connectivity index (χ1) is 18.7. The maximum atomic E-state index is 14.2. The zero-order chi connectivity index (χ0) is 32.3. The van der Waals surface area contributed by atoms with E-state index in [-0.39, 0.29) is 40.6 Å². The third-order valence-electron chi connectivity index (χ3n) is 7.59. The summed E-state index contributed by atoms with van der Waals surface area (Å²) in [5.74, 6) is 0. The van der Waals surface area contributed by atoms with Crippen molar-refractivity contribution in [1.29, 1.82) is 0 Å². The number of rotatable bonds is 20. The molecule has 41 heavy (non-hydrogen) atoms. The zero-order valence-electron chi connectivity index (χ0n) is 29.1. The van der Waals surface area contributed by atoms with Crippen LogP contribution >= 0.6 is 0 Å². The number of aliphatic hydroxyl groups is 4. The maximum absolute atomic E-state index is 14.2. The van der Waals surface area contributed by atoms with Crippen LogP contribution in [0.2, 0.25) is 18.9 Å². The summed E-state index contributed by atoms with van der Waals surface area (Å²) in [5.41, 5.74) is 0. The van der Waals surface area contributed by atoms with E-state index in [1.165, 1.54) is 0 Å². The Morgan fingerprint density at radius 3 is 0.585 bits per heavy atom. The molecular weight excluding hydrogens is 592 g/mol. The Bertz CT molecular complexity index is 503. The van der Waals surface area contributed by atoms with Crippen molar-refractivity contribution in [3.63, 3.8) is 0 Å². The third kappa shape index (κ3) is 37.1. The molecule has 6 N–H and O–H groups in total. The Morgan fingerprint density at radius 1 is 0.366 bits per heavy atom. The van der Waals surface area contributed by atoms with Gasteiger partial charge in [0.05, 0.1) is 0 Å². The molecule has 0 rings (SSSR count). The van der Waals surface area contributed by atoms with Gasteiger partial charge in [-0.15, -0.1) is 0 Å². The average molecular weight is 671 g/mol. The van der Waals surface area contributed by atoms with Crippen LogP contribution in [0, 0.1) is 0 Å². The van der Waals surface area contributed by atoms with Crippen LogP contribution in [-0.4, -0.2) is 54.2 Å². The standard InChI is InChI=1S/4C4H10O.4C4H9.2H2O.O.2Ti/c4*1-2-3-4-5;4*1-3-4-2;;;;;/h4*5H,2-4H2,1H3;4*1,3-4H2,2H3;2*1H2;;;/q;;;;;;;;;;;;+2/p-2. The number of hydrogen-bond acceptors (Lipinski definition) is 5. The van der Waals surface area contributed by atoms with Gasteiger partial charge in [0.1, 0.15) is 0 Å². The molecule has 0 aliphatic rings. The van der Waals surface area contributed by atoms with E-state index in [9.17, 15) is 10.7 Å². The van der Waals surface area contributed by atoms with Crippen LogP contribution in [0.15, 0.2) is 0 Å². The monoisotopic (exact) mass is 670 g/mol. The predicted octanol–water partition coefficient (Wildman–Crippen LogP) is 8.89. The molecule has 0 aliphatic carbocycles. The summed E-state index contributed by atoms with van der Waals surface area (Å²) in [4.78, 5) is 0. The van der Waals surface area contributed by atoms with Crippen LogP contribution in [0.3, 0.4) is 0 Å². The average Bonchev–Trinajstić information content (AvgIpc) is 2.93. The number of aliphatic hydroxyl groups excluding tert-OH is 4. The number of unbranched alkanes of at least 4 members (excludes halogenated alkanes) is 8. The molecule has 0 aromatic rings. The molecule has 0 aromatic heterocycles. The van der Waals surface area contributed by atoms with E-state index in [0.717, 1.165) is 77.0 Å². The SMILES string of the molecule is CCCCO.CCCCO.CCCCO.CCCCO.CCC[CH2][Ti](=[O])([OH])([OH])([CH2]CCC)([CH2]CCC)[CH2]CCC.[Ti]. The molecule has 0 aromatic carbocycles. The van der Waals surface area contributed by atoms with Crippen LogP contribution < -0.4 is 0 Å². The second kappa shape index (κ2) is 31.0. The topological polar surface area (TPSA) is 138 Å². The van der Waals surface area contributed by atoms with E-state index in [0.29, 0.717) is 52.1 Å². The first-order valence-electron chi connectivity index (χ1n) is 17.0. The smallest absolute Gasteiger partial charge is 0 e. The van der Waals surface area contributed by atoms with Gasteiger partial charge in [-0.2, -0.15) is 0 Å². The second-order valence-electron chi connectivity index (χ2n) is 12.3. The third-order valence-corrected chi connectivity index (χ3v) is 20.5. The van der Waals surface area contributed by atoms with Crippen molar-refractivity contribution in [2.45, 2.75) is 177 Å². The van der Waals surface area contributed by atoms with Gasteiger partial charge < -0.3 is 20.4 Å². The van der Waals surface area contributed by atoms with Gasteiger partial charge in [0.2, 0.25) is 0 Å². The van der Waals surface area contributed by atoms with Gasteiger partial charge in [-0.25, -0.2) is 0 Å². The fourth-order valence-electron chi connectivity index (χ4n) is 4.51. The molecule has 0 fully saturated rings. The molecule has 0 atom stereocenters. The van der Waals surface area contributed by atoms with Gasteiger partial charge in [0, 0.05) is 48.1 Å². The minimum atomic E-state index is -6.58. The second-order valence-corrected chi connectivity index (χ2v) is 26.8. The summed E-state index contributed by atoms with van der Waals surface area (Å²) >= 11 is -6.58. The molecule has 0 bridgehead atoms. The van der Waals surface area contributed by atoms with Crippen molar-refractivity contribution in [2.75, 3.05) is 26.4 Å². The van der Waals surface area contributed by atoms with Gasteiger partial charge in [0.15, 0.2) is 0 Å². The molecule has 256 valence electrons. The van der Waals surface area contributed by atoms with Crippen molar-refractivity contribution in [3.8, 4) is 0 Å². The molecule has 0 heterocycles. The van der Waals surface area contributed by atoms with Gasteiger partial charge >= 0.3 is 122 Å². The molecule has 9 heteroatoms. The molecule has 0 unspecified atom stereocenters. The summed E-state index contributed by atoms with van der Waals surface area (Å²) in [6.07, 6.45) is 14.1. The van der Waals surface area contributed by atoms with E-state index in [2.05, 4.69) is 27.7 Å². The van der Waals surface area contributed by atoms with E-state index in [4.69, 9.17) is 20.4 Å². The van der Waals surface area contributed by atoms with E-state index in [1.54, 1.807) is 0 Å². The quantitative estimate of drug-likeness (QED) is 0.0712. The van der Waals surface area contributed by atoms with Crippen molar-refractivity contribution in [2.24, 2.45) is 0 Å². The van der Waals surface area contributed by atoms with Crippen molar-refractivity contribution < 1.29 is 66.3 Å². The Kier molecular flexibility index (Phi) is 41.2. The summed E-state index contributed by atoms with van der Waals surface area (Å²) in [5, 5.41) is 32.3. The van der Waals surface area contributed by atoms with Crippen LogP contribution in [0.1, 0.15) is 158 Å². The van der Waals surface area contributed by atoms with Gasteiger partial charge in [-0.05, 0) is 25.7 Å². The Hall–Kier alpha value is 0.989. The van der Waals surface area contributed by atoms with E-state index in [1.807, 2.05) is 27.7 Å². The fourth-order valence-corrected chi connectivity index (χ4v) is 16.6. The summed E-state index contributed by atoms with van der Waals surface area (Å²) in [6.45, 7) is 17.6. The van der Waals surface area contributed by atoms with Crippen LogP contribution in [0.4, 0.5) is 0 Å². The zero-order valence-corrected chi connectivity index (χ0v) is 32.2. The van der Waals surface area contributed by atoms with E-state index >= 15 is 0 Å². The molecule has 0 radical (unpaired) electrons. The predicted molar refractivity (Wildman–Crippen MR) is 172 cm³/mol. The largest absolute Gasteiger partial charge is 0 e. The summed E-state index contributed by atoms with van der Waals surface area (Å²) < 4.78 is 37.8. The fraction of sp³-hybridized carbons (Fsp3) is 1.00. The minimum absolute atomic E-state index is 0. The molecular formula is C32H78O7Ti2. The maximum Gasteiger partial charge on any atom is 0 e. The Labute approximate surface area is 268 Å². The first kappa shape index (κ1) is 54.5. The van der Waals surface area contributed by atoms with E-state index < -0.39 is 13.5 Å². The normalized spacial score (nSPS) is 12.9. The molecule has 0 spiro atoms. The minimum Gasteiger partial charge on any atom is 0 e. The van der Waals surface area contributed by atoms with Crippen molar-refractivity contribution >= 4 is 0 Å². The van der Waals surface area contributed by atoms with Gasteiger partial charge in [0.25, 0.3) is 0 Å². The summed E-state index contributed by atoms with van der Waals surface area (Å²) in [6, 6.07) is 0. The van der Waals surface area contributed by atoms with Crippen LogP contribution in [0.5, 0.6) is 0 Å². The van der Waals surface area contributed by atoms with Crippen molar-refractivity contribution in [3.05, 3.63) is 0 Å². The van der Waals surface area contributed by atoms with Gasteiger partial charge in [-0.3, -0.25) is 0 Å². The van der Waals surface area contributed by atoms with Crippen molar-refractivity contribution in [1.82, 2.24) is 0 Å². The Balaban J connectivity index is -0.000000118. The number of hydrogen-bond donors (Lipinski definition) is 6. The Morgan fingerprint density at radius 2 is 0.512 bits per heavy atom. The first-order valence-corrected chi connectivity index (χ1v) is 23.4. The summed E-state index contributed by atoms with van der Waals surface area (Å²) in [7, 11) is 0. The molecule has 0 saturated carbocycles. The molecule has 0 amide bonds. The molecule has 7 nitrogen and oxygen atoms in total. The van der Waals surface area contributed by atoms with Crippen LogP contribution in [0.25, 0.3) is 0 Å². The molecule has 0 aliphatic heterocycles. The molecule has 0 saturated heterocycles.